The van der Waals surface area contributed by atoms with Crippen molar-refractivity contribution in [3.63, 3.8) is 0 Å². The summed E-state index contributed by atoms with van der Waals surface area (Å²) in [5, 5.41) is 15.2. The number of benzene rings is 1. The lowest BCUT2D eigenvalue weighted by Gasteiger charge is -2.31. The summed E-state index contributed by atoms with van der Waals surface area (Å²) in [6.45, 7) is 5.55. The first-order chi connectivity index (χ1) is 9.85. The Labute approximate surface area is 132 Å². The summed E-state index contributed by atoms with van der Waals surface area (Å²) in [5.41, 5.74) is 0.202. The Kier molecular flexibility index (Phi) is 4.68. The van der Waals surface area contributed by atoms with Crippen molar-refractivity contribution in [2.24, 2.45) is 11.3 Å². The average molecular weight is 355 g/mol. The lowest BCUT2D eigenvalue weighted by Crippen LogP contribution is -2.42. The van der Waals surface area contributed by atoms with E-state index in [-0.39, 0.29) is 17.4 Å². The van der Waals surface area contributed by atoms with Crippen molar-refractivity contribution in [2.45, 2.75) is 20.3 Å². The minimum atomic E-state index is -1.02. The minimum absolute atomic E-state index is 0.0584. The molecule has 0 bridgehead atoms. The van der Waals surface area contributed by atoms with E-state index in [1.807, 2.05) is 13.8 Å². The van der Waals surface area contributed by atoms with Crippen molar-refractivity contribution in [3.8, 4) is 0 Å². The molecule has 1 amide bonds. The molecule has 1 heterocycles. The maximum Gasteiger partial charge on any atom is 0.335 e. The average Bonchev–Trinajstić information content (AvgIpc) is 2.88. The van der Waals surface area contributed by atoms with Gasteiger partial charge < -0.3 is 15.7 Å². The molecule has 0 saturated carbocycles. The van der Waals surface area contributed by atoms with Crippen molar-refractivity contribution >= 4 is 33.5 Å². The van der Waals surface area contributed by atoms with E-state index in [9.17, 15) is 9.59 Å². The van der Waals surface area contributed by atoms with Gasteiger partial charge in [0.2, 0.25) is 5.91 Å². The molecule has 21 heavy (non-hydrogen) atoms. The third-order valence-electron chi connectivity index (χ3n) is 4.15. The summed E-state index contributed by atoms with van der Waals surface area (Å²) in [6, 6.07) is 4.69. The number of anilines is 1. The molecule has 0 spiro atoms. The summed E-state index contributed by atoms with van der Waals surface area (Å²) in [6.07, 6.45) is 0.788. The van der Waals surface area contributed by atoms with Gasteiger partial charge in [-0.3, -0.25) is 4.79 Å². The van der Waals surface area contributed by atoms with Gasteiger partial charge in [0.15, 0.2) is 0 Å². The highest BCUT2D eigenvalue weighted by Crippen LogP contribution is 2.35. The lowest BCUT2D eigenvalue weighted by atomic mass is 9.75. The first-order valence-electron chi connectivity index (χ1n) is 6.91. The van der Waals surface area contributed by atoms with E-state index < -0.39 is 11.4 Å². The zero-order valence-corrected chi connectivity index (χ0v) is 13.7. The van der Waals surface area contributed by atoms with Crippen molar-refractivity contribution in [2.75, 3.05) is 18.4 Å². The molecule has 1 aromatic rings. The van der Waals surface area contributed by atoms with E-state index in [0.29, 0.717) is 16.7 Å². The van der Waals surface area contributed by atoms with E-state index in [4.69, 9.17) is 5.11 Å². The van der Waals surface area contributed by atoms with E-state index in [0.717, 1.165) is 13.0 Å². The Morgan fingerprint density at radius 2 is 2.10 bits per heavy atom. The number of nitrogens with one attached hydrogen (secondary N) is 2. The second-order valence-electron chi connectivity index (χ2n) is 5.73. The Balaban J connectivity index is 2.25. The van der Waals surface area contributed by atoms with E-state index >= 15 is 0 Å². The fraction of sp³-hybridized carbons (Fsp3) is 0.467. The highest BCUT2D eigenvalue weighted by molar-refractivity contribution is 9.10. The predicted molar refractivity (Wildman–Crippen MR) is 84.5 cm³/mol. The van der Waals surface area contributed by atoms with Crippen molar-refractivity contribution in [1.29, 1.82) is 0 Å². The number of hydrogen-bond acceptors (Lipinski definition) is 3. The van der Waals surface area contributed by atoms with Crippen LogP contribution in [0.15, 0.2) is 22.7 Å². The van der Waals surface area contributed by atoms with Gasteiger partial charge in [-0.05, 0) is 37.1 Å². The minimum Gasteiger partial charge on any atom is -0.478 e. The molecule has 1 fully saturated rings. The molecule has 3 N–H and O–H groups in total. The molecule has 1 atom stereocenters. The Morgan fingerprint density at radius 3 is 2.62 bits per heavy atom. The zero-order chi connectivity index (χ0) is 15.6. The molecule has 0 aliphatic carbocycles. The quantitative estimate of drug-likeness (QED) is 0.776. The Morgan fingerprint density at radius 1 is 1.38 bits per heavy atom. The Bertz CT molecular complexity index is 566. The van der Waals surface area contributed by atoms with E-state index in [1.165, 1.54) is 12.1 Å². The standard InChI is InChI=1S/C15H19BrN2O3/c1-9(2)15(3-4-17-8-15)14(21)18-12-6-10(13(19)20)5-11(16)7-12/h5-7,9,17H,3-4,8H2,1-2H3,(H,18,21)(H,19,20). The van der Waals surface area contributed by atoms with Gasteiger partial charge in [0.05, 0.1) is 11.0 Å². The van der Waals surface area contributed by atoms with Gasteiger partial charge >= 0.3 is 5.97 Å². The molecule has 114 valence electrons. The number of carboxylic acid groups (broad SMARTS) is 1. The molecule has 6 heteroatoms. The van der Waals surface area contributed by atoms with Crippen LogP contribution in [-0.4, -0.2) is 30.1 Å². The zero-order valence-electron chi connectivity index (χ0n) is 12.1. The molecule has 1 saturated heterocycles. The van der Waals surface area contributed by atoms with Crippen LogP contribution in [-0.2, 0) is 4.79 Å². The topological polar surface area (TPSA) is 78.4 Å². The smallest absolute Gasteiger partial charge is 0.335 e. The molecule has 1 aliphatic heterocycles. The van der Waals surface area contributed by atoms with Gasteiger partial charge in [-0.15, -0.1) is 0 Å². The third-order valence-corrected chi connectivity index (χ3v) is 4.61. The summed E-state index contributed by atoms with van der Waals surface area (Å²) in [5.74, 6) is -0.872. The SMILES string of the molecule is CC(C)C1(C(=O)Nc2cc(Br)cc(C(=O)O)c2)CCNC1. The molecule has 1 aromatic carbocycles. The van der Waals surface area contributed by atoms with Crippen molar-refractivity contribution < 1.29 is 14.7 Å². The number of carbonyl (C=O) groups is 2. The number of carboxylic acids is 1. The molecule has 1 unspecified atom stereocenters. The van der Waals surface area contributed by atoms with Crippen LogP contribution in [0.2, 0.25) is 0 Å². The monoisotopic (exact) mass is 354 g/mol. The van der Waals surface area contributed by atoms with Gasteiger partial charge in [0.25, 0.3) is 0 Å². The first-order valence-corrected chi connectivity index (χ1v) is 7.70. The maximum atomic E-state index is 12.7. The van der Waals surface area contributed by atoms with Gasteiger partial charge in [-0.25, -0.2) is 4.79 Å². The summed E-state index contributed by atoms with van der Waals surface area (Å²) >= 11 is 3.27. The highest BCUT2D eigenvalue weighted by Gasteiger charge is 2.43. The van der Waals surface area contributed by atoms with Gasteiger partial charge in [-0.2, -0.15) is 0 Å². The number of halogens is 1. The molecular weight excluding hydrogens is 336 g/mol. The van der Waals surface area contributed by atoms with Crippen molar-refractivity contribution in [1.82, 2.24) is 5.32 Å². The number of amides is 1. The normalized spacial score (nSPS) is 21.5. The maximum absolute atomic E-state index is 12.7. The van der Waals surface area contributed by atoms with Gasteiger partial charge in [0, 0.05) is 16.7 Å². The predicted octanol–water partition coefficient (Wildman–Crippen LogP) is 2.72. The molecule has 5 nitrogen and oxygen atoms in total. The molecule has 2 rings (SSSR count). The lowest BCUT2D eigenvalue weighted by molar-refractivity contribution is -0.126. The summed E-state index contributed by atoms with van der Waals surface area (Å²) < 4.78 is 0.626. The number of aromatic carboxylic acids is 1. The van der Waals surface area contributed by atoms with Crippen LogP contribution in [0, 0.1) is 11.3 Å². The highest BCUT2D eigenvalue weighted by atomic mass is 79.9. The molecule has 0 radical (unpaired) electrons. The van der Waals surface area contributed by atoms with E-state index in [2.05, 4.69) is 26.6 Å². The fourth-order valence-electron chi connectivity index (χ4n) is 2.70. The van der Waals surface area contributed by atoms with Crippen LogP contribution in [0.5, 0.6) is 0 Å². The van der Waals surface area contributed by atoms with Crippen molar-refractivity contribution in [3.05, 3.63) is 28.2 Å². The van der Waals surface area contributed by atoms with Crippen LogP contribution < -0.4 is 10.6 Å². The second kappa shape index (κ2) is 6.15. The largest absolute Gasteiger partial charge is 0.478 e. The molecule has 1 aliphatic rings. The third kappa shape index (κ3) is 3.27. The number of hydrogen-bond donors (Lipinski definition) is 3. The molecule has 0 aromatic heterocycles. The fourth-order valence-corrected chi connectivity index (χ4v) is 3.19. The van der Waals surface area contributed by atoms with Gasteiger partial charge in [-0.1, -0.05) is 29.8 Å². The Hall–Kier alpha value is -1.40. The second-order valence-corrected chi connectivity index (χ2v) is 6.64. The van der Waals surface area contributed by atoms with Crippen LogP contribution >= 0.6 is 15.9 Å². The van der Waals surface area contributed by atoms with E-state index in [1.54, 1.807) is 6.07 Å². The first kappa shape index (κ1) is 16.0. The van der Waals surface area contributed by atoms with Crippen LogP contribution in [0.1, 0.15) is 30.6 Å². The summed E-state index contributed by atoms with van der Waals surface area (Å²) in [7, 11) is 0. The van der Waals surface area contributed by atoms with Crippen LogP contribution in [0.3, 0.4) is 0 Å². The number of rotatable bonds is 4. The molecular formula is C15H19BrN2O3. The van der Waals surface area contributed by atoms with Crippen LogP contribution in [0.4, 0.5) is 5.69 Å². The summed E-state index contributed by atoms with van der Waals surface area (Å²) in [4.78, 5) is 23.7. The van der Waals surface area contributed by atoms with Crippen LogP contribution in [0.25, 0.3) is 0 Å². The van der Waals surface area contributed by atoms with Gasteiger partial charge in [0.1, 0.15) is 0 Å². The number of carbonyl (C=O) groups excluding carboxylic acids is 1.